The van der Waals surface area contributed by atoms with Gasteiger partial charge in [-0.1, -0.05) is 69.2 Å². The van der Waals surface area contributed by atoms with Gasteiger partial charge >= 0.3 is 11.9 Å². The zero-order valence-corrected chi connectivity index (χ0v) is 36.1. The van der Waals surface area contributed by atoms with Crippen molar-refractivity contribution in [1.29, 1.82) is 0 Å². The van der Waals surface area contributed by atoms with E-state index in [0.29, 0.717) is 25.0 Å². The van der Waals surface area contributed by atoms with Crippen LogP contribution >= 0.6 is 0 Å². The van der Waals surface area contributed by atoms with Gasteiger partial charge in [-0.15, -0.1) is 0 Å². The average Bonchev–Trinajstić information content (AvgIpc) is 3.43. The topological polar surface area (TPSA) is 141 Å². The molecule has 320 valence electrons. The normalized spacial score (nSPS) is 39.6. The molecule has 0 amide bonds. The van der Waals surface area contributed by atoms with Gasteiger partial charge in [0.05, 0.1) is 55.2 Å². The summed E-state index contributed by atoms with van der Waals surface area (Å²) in [5, 5.41) is 6.78. The van der Waals surface area contributed by atoms with Gasteiger partial charge in [0.2, 0.25) is 0 Å². The fraction of sp³-hybridized carbons (Fsp3) is 0.689. The Hall–Kier alpha value is -3.46. The number of esters is 2. The third-order valence-electron chi connectivity index (χ3n) is 12.9. The van der Waals surface area contributed by atoms with Crippen LogP contribution in [0.15, 0.2) is 47.6 Å². The Bertz CT molecular complexity index is 1820. The quantitative estimate of drug-likeness (QED) is 0.220. The number of benzene rings is 2. The smallest absolute Gasteiger partial charge is 0.311 e. The number of oxime groups is 1. The molecule has 0 aliphatic carbocycles. The summed E-state index contributed by atoms with van der Waals surface area (Å²) in [5.74, 6) is -3.12. The molecule has 0 radical (unpaired) electrons. The molecule has 14 atom stereocenters. The minimum absolute atomic E-state index is 0.00855. The zero-order valence-electron chi connectivity index (χ0n) is 36.1. The maximum absolute atomic E-state index is 14.3. The van der Waals surface area contributed by atoms with Crippen LogP contribution in [-0.2, 0) is 59.0 Å². The first-order valence-corrected chi connectivity index (χ1v) is 20.9. The minimum atomic E-state index is -1.32. The van der Waals surface area contributed by atoms with E-state index in [4.69, 9.17) is 38.0 Å². The van der Waals surface area contributed by atoms with Crippen molar-refractivity contribution in [2.24, 2.45) is 28.8 Å². The number of Topliss-reactive ketones (excluding diaryl/α,β-unsaturated/α-hetero) is 1. The van der Waals surface area contributed by atoms with Crippen LogP contribution in [0.4, 0.5) is 0 Å². The number of hydrogen-bond acceptors (Lipinski definition) is 13. The molecule has 13 nitrogen and oxygen atoms in total. The molecular weight excluding hydrogens is 744 g/mol. The molecule has 2 aromatic carbocycles. The number of fused-ring (bicyclic) bond motifs is 6. The van der Waals surface area contributed by atoms with Gasteiger partial charge < -0.3 is 42.9 Å². The number of carbonyl (C=O) groups excluding carboxylic acids is 3. The number of ether oxygens (including phenoxy) is 7. The molecule has 0 saturated carbocycles. The van der Waals surface area contributed by atoms with Crippen molar-refractivity contribution >= 4 is 34.2 Å². The van der Waals surface area contributed by atoms with E-state index < -0.39 is 77.7 Å². The van der Waals surface area contributed by atoms with E-state index >= 15 is 0 Å². The molecule has 4 fully saturated rings. The Morgan fingerprint density at radius 3 is 2.38 bits per heavy atom. The largest absolute Gasteiger partial charge is 0.459 e. The number of cyclic esters (lactones) is 1. The van der Waals surface area contributed by atoms with Crippen LogP contribution in [0.3, 0.4) is 0 Å². The van der Waals surface area contributed by atoms with Crippen molar-refractivity contribution in [2.45, 2.75) is 148 Å². The molecular formula is C45H64N2O11. The summed E-state index contributed by atoms with van der Waals surface area (Å²) in [6, 6.07) is 14.1. The van der Waals surface area contributed by atoms with Crippen molar-refractivity contribution in [3.8, 4) is 0 Å². The summed E-state index contributed by atoms with van der Waals surface area (Å²) in [7, 11) is 3.88. The van der Waals surface area contributed by atoms with E-state index in [9.17, 15) is 14.4 Å². The Balaban J connectivity index is 1.41. The number of ketones is 1. The van der Waals surface area contributed by atoms with Gasteiger partial charge in [-0.3, -0.25) is 14.4 Å². The second kappa shape index (κ2) is 18.0. The lowest BCUT2D eigenvalue weighted by Crippen LogP contribution is -2.60. The Morgan fingerprint density at radius 1 is 0.966 bits per heavy atom. The van der Waals surface area contributed by atoms with Crippen LogP contribution in [0.1, 0.15) is 87.1 Å². The standard InChI is InChI=1S/C45H64N2O11/c1-12-36-45(9)40(49)27(4)37(58-45)25(2)21-44(8)41(57-43-39(55-30(7)48)35(47(10)11)19-26(3)54-43)28(5)38(29(6)42(50)56-36)51-23-34(24-52-44)46-53-22-31-17-18-32-15-13-14-16-33(32)20-31/h13-18,20,25-29,35-39,41,43H,12,19,21-24H2,1-11H3/b46-34+/t25-,26-,27?,28-,29-,35+,36-,37?,38+,39-,41-,43+,44-,45?/m1/s1. The highest BCUT2D eigenvalue weighted by atomic mass is 16.7. The van der Waals surface area contributed by atoms with Gasteiger partial charge in [-0.25, -0.2) is 0 Å². The van der Waals surface area contributed by atoms with E-state index in [1.807, 2.05) is 71.8 Å². The van der Waals surface area contributed by atoms with Crippen molar-refractivity contribution in [3.63, 3.8) is 0 Å². The number of hydrogen-bond donors (Lipinski definition) is 0. The third-order valence-corrected chi connectivity index (χ3v) is 12.9. The highest BCUT2D eigenvalue weighted by molar-refractivity contribution is 5.92. The van der Waals surface area contributed by atoms with E-state index in [0.717, 1.165) is 16.3 Å². The average molecular weight is 809 g/mol. The molecule has 2 aromatic rings. The lowest BCUT2D eigenvalue weighted by molar-refractivity contribution is -0.305. The van der Waals surface area contributed by atoms with Gasteiger partial charge in [0.25, 0.3) is 0 Å². The fourth-order valence-electron chi connectivity index (χ4n) is 9.78. The van der Waals surface area contributed by atoms with Gasteiger partial charge in [0, 0.05) is 18.8 Å². The molecule has 4 saturated heterocycles. The third kappa shape index (κ3) is 9.14. The maximum atomic E-state index is 14.3. The second-order valence-corrected chi connectivity index (χ2v) is 17.7. The zero-order chi connectivity index (χ0) is 42.1. The van der Waals surface area contributed by atoms with Crippen LogP contribution < -0.4 is 0 Å². The first kappa shape index (κ1) is 44.1. The van der Waals surface area contributed by atoms with Gasteiger partial charge in [-0.2, -0.15) is 0 Å². The molecule has 0 aromatic heterocycles. The molecule has 0 spiro atoms. The monoisotopic (exact) mass is 808 g/mol. The van der Waals surface area contributed by atoms with Crippen LogP contribution in [-0.4, -0.2) is 116 Å². The lowest BCUT2D eigenvalue weighted by atomic mass is 9.75. The lowest BCUT2D eigenvalue weighted by Gasteiger charge is -2.48. The number of carbonyl (C=O) groups is 3. The number of nitrogens with zero attached hydrogens (tertiary/aromatic N) is 2. The minimum Gasteiger partial charge on any atom is -0.459 e. The SMILES string of the molecule is CC[C@H]1OC(=O)[C@H](C)[C@H]2OC/C(=N\OCc3ccc4ccccc4c3)CO[C@](C)(C[C@@H](C)C3OC1(C)C(=O)C3C)[C@H](O[C@@H]1O[C@H](C)C[C@H](N(C)C)[C@H]1OC(C)=O)[C@@H]2C. The van der Waals surface area contributed by atoms with Gasteiger partial charge in [-0.05, 0) is 89.4 Å². The van der Waals surface area contributed by atoms with E-state index in [1.54, 1.807) is 13.8 Å². The van der Waals surface area contributed by atoms with Crippen LogP contribution in [0.25, 0.3) is 10.8 Å². The maximum Gasteiger partial charge on any atom is 0.311 e. The molecule has 58 heavy (non-hydrogen) atoms. The molecule has 0 N–H and O–H groups in total. The highest BCUT2D eigenvalue weighted by Crippen LogP contribution is 2.45. The predicted octanol–water partition coefficient (Wildman–Crippen LogP) is 6.27. The molecule has 13 heteroatoms. The molecule has 4 aliphatic heterocycles. The van der Waals surface area contributed by atoms with Crippen LogP contribution in [0, 0.1) is 23.7 Å². The van der Waals surface area contributed by atoms with Crippen molar-refractivity contribution in [3.05, 3.63) is 48.0 Å². The molecule has 4 heterocycles. The highest BCUT2D eigenvalue weighted by Gasteiger charge is 2.59. The van der Waals surface area contributed by atoms with Crippen molar-refractivity contribution in [1.82, 2.24) is 4.90 Å². The molecule has 4 aliphatic rings. The van der Waals surface area contributed by atoms with E-state index in [2.05, 4.69) is 36.3 Å². The second-order valence-electron chi connectivity index (χ2n) is 17.7. The summed E-state index contributed by atoms with van der Waals surface area (Å²) >= 11 is 0. The fourth-order valence-corrected chi connectivity index (χ4v) is 9.78. The first-order chi connectivity index (χ1) is 27.4. The van der Waals surface area contributed by atoms with Crippen molar-refractivity contribution < 1.29 is 52.4 Å². The van der Waals surface area contributed by atoms with E-state index in [1.165, 1.54) is 6.92 Å². The Labute approximate surface area is 343 Å². The Morgan fingerprint density at radius 2 is 1.69 bits per heavy atom. The Kier molecular flexibility index (Phi) is 13.7. The van der Waals surface area contributed by atoms with Gasteiger partial charge in [0.1, 0.15) is 18.4 Å². The van der Waals surface area contributed by atoms with E-state index in [-0.39, 0.29) is 43.7 Å². The predicted molar refractivity (Wildman–Crippen MR) is 217 cm³/mol. The summed E-state index contributed by atoms with van der Waals surface area (Å²) in [4.78, 5) is 48.9. The summed E-state index contributed by atoms with van der Waals surface area (Å²) in [5.41, 5.74) is -1.00. The molecule has 4 bridgehead atoms. The molecule has 6 rings (SSSR count). The number of likely N-dealkylation sites (N-methyl/N-ethyl adjacent to an activating group) is 1. The number of rotatable bonds is 8. The summed E-state index contributed by atoms with van der Waals surface area (Å²) in [6.07, 6.45) is -3.48. The van der Waals surface area contributed by atoms with Crippen molar-refractivity contribution in [2.75, 3.05) is 27.3 Å². The van der Waals surface area contributed by atoms with Crippen LogP contribution in [0.2, 0.25) is 0 Å². The van der Waals surface area contributed by atoms with Crippen LogP contribution in [0.5, 0.6) is 0 Å². The summed E-state index contributed by atoms with van der Waals surface area (Å²) < 4.78 is 46.3. The van der Waals surface area contributed by atoms with Gasteiger partial charge in [0.15, 0.2) is 23.8 Å². The summed E-state index contributed by atoms with van der Waals surface area (Å²) in [6.45, 7) is 16.9. The first-order valence-electron chi connectivity index (χ1n) is 20.9. The molecule has 3 unspecified atom stereocenters.